The smallest absolute Gasteiger partial charge is 0.0940 e. The van der Waals surface area contributed by atoms with Crippen LogP contribution in [0.5, 0.6) is 0 Å². The second-order valence-corrected chi connectivity index (χ2v) is 6.02. The van der Waals surface area contributed by atoms with E-state index in [9.17, 15) is 0 Å². The molecule has 3 rings (SSSR count). The summed E-state index contributed by atoms with van der Waals surface area (Å²) in [6.07, 6.45) is 3.10. The van der Waals surface area contributed by atoms with Crippen molar-refractivity contribution in [1.82, 2.24) is 0 Å². The van der Waals surface area contributed by atoms with E-state index >= 15 is 0 Å². The summed E-state index contributed by atoms with van der Waals surface area (Å²) in [6, 6.07) is 8.72. The minimum absolute atomic E-state index is 0.0504. The van der Waals surface area contributed by atoms with Crippen LogP contribution in [0.15, 0.2) is 24.3 Å². The van der Waals surface area contributed by atoms with Crippen molar-refractivity contribution in [2.45, 2.75) is 37.8 Å². The largest absolute Gasteiger partial charge is 0.378 e. The predicted molar refractivity (Wildman–Crippen MR) is 75.0 cm³/mol. The quantitative estimate of drug-likeness (QED) is 0.890. The van der Waals surface area contributed by atoms with E-state index in [2.05, 4.69) is 31.2 Å². The van der Waals surface area contributed by atoms with Crippen LogP contribution in [-0.2, 0) is 9.47 Å². The molecule has 3 atom stereocenters. The molecule has 2 aliphatic rings. The van der Waals surface area contributed by atoms with Crippen LogP contribution >= 0.6 is 0 Å². The molecule has 0 aromatic heterocycles. The predicted octanol–water partition coefficient (Wildman–Crippen LogP) is 2.58. The second-order valence-electron chi connectivity index (χ2n) is 6.02. The number of hydrogen-bond donors (Lipinski definition) is 1. The summed E-state index contributed by atoms with van der Waals surface area (Å²) in [5, 5.41) is 0. The fraction of sp³-hybridized carbons (Fsp3) is 0.625. The van der Waals surface area contributed by atoms with Crippen LogP contribution in [0.2, 0.25) is 0 Å². The van der Waals surface area contributed by atoms with Crippen LogP contribution < -0.4 is 5.73 Å². The molecule has 2 fully saturated rings. The standard InChI is InChI=1S/C16H23NO2/c1-12-2-4-13(5-3-12)15(17)14-6-8-19-16(10-14)7-9-18-11-16/h2-5,14-15H,6-11,17H2,1H3. The summed E-state index contributed by atoms with van der Waals surface area (Å²) < 4.78 is 11.5. The van der Waals surface area contributed by atoms with Gasteiger partial charge in [0.2, 0.25) is 0 Å². The Labute approximate surface area is 115 Å². The van der Waals surface area contributed by atoms with Gasteiger partial charge in [-0.1, -0.05) is 29.8 Å². The number of benzene rings is 1. The zero-order valence-electron chi connectivity index (χ0n) is 11.6. The molecule has 1 aromatic rings. The van der Waals surface area contributed by atoms with Crippen LogP contribution in [-0.4, -0.2) is 25.4 Å². The van der Waals surface area contributed by atoms with Crippen LogP contribution in [0, 0.1) is 12.8 Å². The molecule has 1 spiro atoms. The third-order valence-electron chi connectivity index (χ3n) is 4.57. The average molecular weight is 261 g/mol. The van der Waals surface area contributed by atoms with Gasteiger partial charge in [-0.2, -0.15) is 0 Å². The lowest BCUT2D eigenvalue weighted by Crippen LogP contribution is -2.43. The summed E-state index contributed by atoms with van der Waals surface area (Å²) in [6.45, 7) is 4.48. The monoisotopic (exact) mass is 261 g/mol. The van der Waals surface area contributed by atoms with Gasteiger partial charge in [0.25, 0.3) is 0 Å². The Morgan fingerprint density at radius 1 is 1.26 bits per heavy atom. The lowest BCUT2D eigenvalue weighted by Gasteiger charge is -2.39. The number of nitrogens with two attached hydrogens (primary N) is 1. The van der Waals surface area contributed by atoms with Crippen LogP contribution in [0.1, 0.15) is 36.4 Å². The van der Waals surface area contributed by atoms with Crippen molar-refractivity contribution in [1.29, 1.82) is 0 Å². The Morgan fingerprint density at radius 2 is 2.05 bits per heavy atom. The van der Waals surface area contributed by atoms with E-state index < -0.39 is 0 Å². The van der Waals surface area contributed by atoms with Crippen molar-refractivity contribution in [3.8, 4) is 0 Å². The van der Waals surface area contributed by atoms with Gasteiger partial charge in [-0.15, -0.1) is 0 Å². The van der Waals surface area contributed by atoms with E-state index in [-0.39, 0.29) is 11.6 Å². The molecule has 3 unspecified atom stereocenters. The molecule has 2 aliphatic heterocycles. The highest BCUT2D eigenvalue weighted by molar-refractivity contribution is 5.24. The van der Waals surface area contributed by atoms with E-state index in [1.165, 1.54) is 11.1 Å². The van der Waals surface area contributed by atoms with Gasteiger partial charge < -0.3 is 15.2 Å². The maximum Gasteiger partial charge on any atom is 0.0940 e. The summed E-state index contributed by atoms with van der Waals surface area (Å²) in [4.78, 5) is 0. The summed E-state index contributed by atoms with van der Waals surface area (Å²) in [7, 11) is 0. The fourth-order valence-corrected chi connectivity index (χ4v) is 3.30. The highest BCUT2D eigenvalue weighted by Gasteiger charge is 2.42. The van der Waals surface area contributed by atoms with Crippen molar-refractivity contribution < 1.29 is 9.47 Å². The second kappa shape index (κ2) is 5.23. The minimum atomic E-state index is -0.0504. The van der Waals surface area contributed by atoms with Gasteiger partial charge in [-0.05, 0) is 31.2 Å². The minimum Gasteiger partial charge on any atom is -0.378 e. The Balaban J connectivity index is 1.72. The normalized spacial score (nSPS) is 32.6. The average Bonchev–Trinajstić information content (AvgIpc) is 2.87. The van der Waals surface area contributed by atoms with Crippen molar-refractivity contribution in [3.63, 3.8) is 0 Å². The highest BCUT2D eigenvalue weighted by Crippen LogP contribution is 2.40. The first-order chi connectivity index (χ1) is 9.19. The highest BCUT2D eigenvalue weighted by atomic mass is 16.6. The summed E-state index contributed by atoms with van der Waals surface area (Å²) in [5.41, 5.74) is 8.95. The number of aryl methyl sites for hydroxylation is 1. The van der Waals surface area contributed by atoms with Gasteiger partial charge in [-0.25, -0.2) is 0 Å². The SMILES string of the molecule is Cc1ccc(C(N)C2CCOC3(CCOC3)C2)cc1. The van der Waals surface area contributed by atoms with E-state index in [0.29, 0.717) is 5.92 Å². The molecule has 104 valence electrons. The Hall–Kier alpha value is -0.900. The molecule has 0 bridgehead atoms. The molecule has 2 saturated heterocycles. The third-order valence-corrected chi connectivity index (χ3v) is 4.57. The van der Waals surface area contributed by atoms with Crippen molar-refractivity contribution in [3.05, 3.63) is 35.4 Å². The topological polar surface area (TPSA) is 44.5 Å². The van der Waals surface area contributed by atoms with Crippen molar-refractivity contribution in [2.24, 2.45) is 11.7 Å². The molecule has 2 N–H and O–H groups in total. The van der Waals surface area contributed by atoms with Crippen LogP contribution in [0.4, 0.5) is 0 Å². The summed E-state index contributed by atoms with van der Waals surface area (Å²) >= 11 is 0. The first-order valence-corrected chi connectivity index (χ1v) is 7.22. The van der Waals surface area contributed by atoms with Gasteiger partial charge in [0, 0.05) is 25.7 Å². The maximum atomic E-state index is 6.47. The van der Waals surface area contributed by atoms with Crippen molar-refractivity contribution in [2.75, 3.05) is 19.8 Å². The third kappa shape index (κ3) is 2.69. The fourth-order valence-electron chi connectivity index (χ4n) is 3.30. The molecular formula is C16H23NO2. The van der Waals surface area contributed by atoms with Gasteiger partial charge in [0.05, 0.1) is 12.2 Å². The van der Waals surface area contributed by atoms with E-state index in [1.54, 1.807) is 0 Å². The first kappa shape index (κ1) is 13.1. The molecule has 3 heteroatoms. The molecular weight excluding hydrogens is 238 g/mol. The number of hydrogen-bond acceptors (Lipinski definition) is 3. The zero-order valence-corrected chi connectivity index (χ0v) is 11.6. The first-order valence-electron chi connectivity index (χ1n) is 7.22. The van der Waals surface area contributed by atoms with E-state index in [4.69, 9.17) is 15.2 Å². The molecule has 1 aromatic carbocycles. The Kier molecular flexibility index (Phi) is 3.61. The molecule has 0 radical (unpaired) electrons. The number of rotatable bonds is 2. The Morgan fingerprint density at radius 3 is 2.74 bits per heavy atom. The van der Waals surface area contributed by atoms with E-state index in [0.717, 1.165) is 39.1 Å². The van der Waals surface area contributed by atoms with Gasteiger partial charge in [-0.3, -0.25) is 0 Å². The van der Waals surface area contributed by atoms with Crippen molar-refractivity contribution >= 4 is 0 Å². The molecule has 19 heavy (non-hydrogen) atoms. The van der Waals surface area contributed by atoms with Gasteiger partial charge in [0.1, 0.15) is 0 Å². The van der Waals surface area contributed by atoms with Crippen LogP contribution in [0.25, 0.3) is 0 Å². The molecule has 3 nitrogen and oxygen atoms in total. The molecule has 0 saturated carbocycles. The maximum absolute atomic E-state index is 6.47. The molecule has 0 aliphatic carbocycles. The van der Waals surface area contributed by atoms with Crippen LogP contribution in [0.3, 0.4) is 0 Å². The molecule has 2 heterocycles. The lowest BCUT2D eigenvalue weighted by atomic mass is 9.79. The molecule has 0 amide bonds. The van der Waals surface area contributed by atoms with Gasteiger partial charge in [0.15, 0.2) is 0 Å². The Bertz CT molecular complexity index is 423. The summed E-state index contributed by atoms with van der Waals surface area (Å²) in [5.74, 6) is 0.498. The lowest BCUT2D eigenvalue weighted by molar-refractivity contribution is -0.101. The zero-order chi connectivity index (χ0) is 13.3. The number of ether oxygens (including phenoxy) is 2. The van der Waals surface area contributed by atoms with Gasteiger partial charge >= 0.3 is 0 Å². The van der Waals surface area contributed by atoms with E-state index in [1.807, 2.05) is 0 Å².